The number of amides is 2. The van der Waals surface area contributed by atoms with E-state index in [2.05, 4.69) is 5.32 Å². The van der Waals surface area contributed by atoms with Crippen molar-refractivity contribution >= 4 is 11.8 Å². The Kier molecular flexibility index (Phi) is 5.16. The first kappa shape index (κ1) is 14.6. The third kappa shape index (κ3) is 4.08. The monoisotopic (exact) mass is 274 g/mol. The van der Waals surface area contributed by atoms with Gasteiger partial charge < -0.3 is 11.1 Å². The smallest absolute Gasteiger partial charge is 0.251 e. The van der Waals surface area contributed by atoms with Crippen molar-refractivity contribution < 1.29 is 9.59 Å². The Morgan fingerprint density at radius 1 is 1.05 bits per heavy atom. The third-order valence-corrected chi connectivity index (χ3v) is 3.99. The molecule has 20 heavy (non-hydrogen) atoms. The predicted octanol–water partition coefficient (Wildman–Crippen LogP) is 2.49. The van der Waals surface area contributed by atoms with Gasteiger partial charge in [-0.05, 0) is 36.6 Å². The molecule has 1 fully saturated rings. The van der Waals surface area contributed by atoms with Gasteiger partial charge in [0.2, 0.25) is 5.91 Å². The molecule has 1 aromatic rings. The average Bonchev–Trinajstić information content (AvgIpc) is 2.48. The maximum Gasteiger partial charge on any atom is 0.251 e. The maximum absolute atomic E-state index is 11.9. The first-order valence-corrected chi connectivity index (χ1v) is 7.35. The van der Waals surface area contributed by atoms with Crippen LogP contribution in [-0.2, 0) is 0 Å². The van der Waals surface area contributed by atoms with Crippen LogP contribution in [0.15, 0.2) is 24.3 Å². The van der Waals surface area contributed by atoms with E-state index in [1.807, 2.05) is 0 Å². The Balaban J connectivity index is 1.77. The van der Waals surface area contributed by atoms with E-state index in [4.69, 9.17) is 5.73 Å². The third-order valence-electron chi connectivity index (χ3n) is 3.99. The van der Waals surface area contributed by atoms with Crippen molar-refractivity contribution in [1.82, 2.24) is 5.32 Å². The van der Waals surface area contributed by atoms with E-state index in [1.165, 1.54) is 32.1 Å². The van der Waals surface area contributed by atoms with Gasteiger partial charge in [0.05, 0.1) is 0 Å². The van der Waals surface area contributed by atoms with Crippen molar-refractivity contribution in [3.05, 3.63) is 35.4 Å². The molecule has 1 aromatic carbocycles. The summed E-state index contributed by atoms with van der Waals surface area (Å²) in [7, 11) is 0. The summed E-state index contributed by atoms with van der Waals surface area (Å²) in [5.41, 5.74) is 6.15. The summed E-state index contributed by atoms with van der Waals surface area (Å²) in [5.74, 6) is 0.201. The van der Waals surface area contributed by atoms with E-state index >= 15 is 0 Å². The molecular weight excluding hydrogens is 252 g/mol. The molecule has 1 aliphatic rings. The zero-order chi connectivity index (χ0) is 14.4. The molecule has 4 heteroatoms. The number of benzene rings is 1. The van der Waals surface area contributed by atoms with Crippen LogP contribution in [0.25, 0.3) is 0 Å². The van der Waals surface area contributed by atoms with Gasteiger partial charge in [-0.25, -0.2) is 0 Å². The van der Waals surface area contributed by atoms with Crippen LogP contribution in [0.4, 0.5) is 0 Å². The summed E-state index contributed by atoms with van der Waals surface area (Å²) in [6, 6.07) is 6.43. The second-order valence-corrected chi connectivity index (χ2v) is 5.49. The highest BCUT2D eigenvalue weighted by Crippen LogP contribution is 2.25. The molecule has 0 bridgehead atoms. The Morgan fingerprint density at radius 2 is 1.65 bits per heavy atom. The molecule has 1 saturated carbocycles. The van der Waals surface area contributed by atoms with Gasteiger partial charge in [0.25, 0.3) is 5.91 Å². The number of hydrogen-bond donors (Lipinski definition) is 2. The first-order chi connectivity index (χ1) is 9.66. The quantitative estimate of drug-likeness (QED) is 0.865. The minimum absolute atomic E-state index is 0.0863. The molecule has 0 spiro atoms. The van der Waals surface area contributed by atoms with Crippen LogP contribution >= 0.6 is 0 Å². The fourth-order valence-corrected chi connectivity index (χ4v) is 2.75. The summed E-state index contributed by atoms with van der Waals surface area (Å²) in [4.78, 5) is 22.9. The molecule has 0 unspecified atom stereocenters. The fraction of sp³-hybridized carbons (Fsp3) is 0.500. The van der Waals surface area contributed by atoms with Crippen molar-refractivity contribution in [2.75, 3.05) is 6.54 Å². The molecule has 2 rings (SSSR count). The van der Waals surface area contributed by atoms with E-state index in [0.717, 1.165) is 18.9 Å². The van der Waals surface area contributed by atoms with Gasteiger partial charge in [0.15, 0.2) is 0 Å². The summed E-state index contributed by atoms with van der Waals surface area (Å²) < 4.78 is 0. The molecule has 0 heterocycles. The van der Waals surface area contributed by atoms with Crippen molar-refractivity contribution in [1.29, 1.82) is 0 Å². The number of rotatable bonds is 5. The van der Waals surface area contributed by atoms with Crippen LogP contribution in [0, 0.1) is 5.92 Å². The molecule has 108 valence electrons. The Labute approximate surface area is 119 Å². The molecule has 0 aromatic heterocycles. The van der Waals surface area contributed by atoms with Crippen molar-refractivity contribution in [2.45, 2.75) is 38.5 Å². The van der Waals surface area contributed by atoms with Gasteiger partial charge in [-0.3, -0.25) is 9.59 Å². The van der Waals surface area contributed by atoms with Crippen LogP contribution < -0.4 is 11.1 Å². The van der Waals surface area contributed by atoms with Gasteiger partial charge in [-0.1, -0.05) is 32.1 Å². The number of hydrogen-bond acceptors (Lipinski definition) is 2. The zero-order valence-electron chi connectivity index (χ0n) is 11.7. The van der Waals surface area contributed by atoms with Crippen LogP contribution in [0.2, 0.25) is 0 Å². The van der Waals surface area contributed by atoms with Crippen LogP contribution in [0.1, 0.15) is 59.2 Å². The van der Waals surface area contributed by atoms with E-state index in [1.54, 1.807) is 24.3 Å². The number of carbonyl (C=O) groups is 2. The van der Waals surface area contributed by atoms with E-state index in [9.17, 15) is 9.59 Å². The summed E-state index contributed by atoms with van der Waals surface area (Å²) >= 11 is 0. The highest BCUT2D eigenvalue weighted by molar-refractivity contribution is 5.97. The standard InChI is InChI=1S/C16H22N2O2/c17-15(19)13-6-8-14(9-7-13)16(20)18-11-10-12-4-2-1-3-5-12/h6-9,12H,1-5,10-11H2,(H2,17,19)(H,18,20). The van der Waals surface area contributed by atoms with Gasteiger partial charge in [0, 0.05) is 17.7 Å². The topological polar surface area (TPSA) is 72.2 Å². The van der Waals surface area contributed by atoms with Crippen molar-refractivity contribution in [3.8, 4) is 0 Å². The first-order valence-electron chi connectivity index (χ1n) is 7.35. The van der Waals surface area contributed by atoms with Gasteiger partial charge in [-0.2, -0.15) is 0 Å². The lowest BCUT2D eigenvalue weighted by Gasteiger charge is -2.21. The minimum atomic E-state index is -0.478. The largest absolute Gasteiger partial charge is 0.366 e. The van der Waals surface area contributed by atoms with Crippen molar-refractivity contribution in [2.24, 2.45) is 11.7 Å². The van der Waals surface area contributed by atoms with Gasteiger partial charge in [-0.15, -0.1) is 0 Å². The lowest BCUT2D eigenvalue weighted by Crippen LogP contribution is -2.26. The van der Waals surface area contributed by atoms with Crippen LogP contribution in [0.5, 0.6) is 0 Å². The fourth-order valence-electron chi connectivity index (χ4n) is 2.75. The maximum atomic E-state index is 11.9. The molecule has 0 saturated heterocycles. The highest BCUT2D eigenvalue weighted by Gasteiger charge is 2.13. The molecule has 0 radical (unpaired) electrons. The lowest BCUT2D eigenvalue weighted by molar-refractivity contribution is 0.0947. The Morgan fingerprint density at radius 3 is 2.25 bits per heavy atom. The Bertz CT molecular complexity index is 462. The number of nitrogens with two attached hydrogens (primary N) is 1. The number of nitrogens with one attached hydrogen (secondary N) is 1. The van der Waals surface area contributed by atoms with Gasteiger partial charge in [0.1, 0.15) is 0 Å². The molecule has 0 atom stereocenters. The predicted molar refractivity (Wildman–Crippen MR) is 78.5 cm³/mol. The summed E-state index contributed by atoms with van der Waals surface area (Å²) in [6.07, 6.45) is 7.66. The minimum Gasteiger partial charge on any atom is -0.366 e. The van der Waals surface area contributed by atoms with Crippen molar-refractivity contribution in [3.63, 3.8) is 0 Å². The average molecular weight is 274 g/mol. The Hall–Kier alpha value is -1.84. The normalized spacial score (nSPS) is 15.8. The molecular formula is C16H22N2O2. The molecule has 2 amide bonds. The molecule has 3 N–H and O–H groups in total. The summed E-state index contributed by atoms with van der Waals surface area (Å²) in [6.45, 7) is 0.723. The molecule has 4 nitrogen and oxygen atoms in total. The van der Waals surface area contributed by atoms with Gasteiger partial charge >= 0.3 is 0 Å². The number of primary amides is 1. The number of carbonyl (C=O) groups excluding carboxylic acids is 2. The summed E-state index contributed by atoms with van der Waals surface area (Å²) in [5, 5.41) is 2.94. The zero-order valence-corrected chi connectivity index (χ0v) is 11.7. The second-order valence-electron chi connectivity index (χ2n) is 5.49. The molecule has 1 aliphatic carbocycles. The van der Waals surface area contributed by atoms with E-state index < -0.39 is 5.91 Å². The van der Waals surface area contributed by atoms with Crippen LogP contribution in [0.3, 0.4) is 0 Å². The van der Waals surface area contributed by atoms with Crippen LogP contribution in [-0.4, -0.2) is 18.4 Å². The lowest BCUT2D eigenvalue weighted by atomic mass is 9.87. The van der Waals surface area contributed by atoms with E-state index in [0.29, 0.717) is 11.1 Å². The highest BCUT2D eigenvalue weighted by atomic mass is 16.2. The van der Waals surface area contributed by atoms with E-state index in [-0.39, 0.29) is 5.91 Å². The molecule has 0 aliphatic heterocycles. The SMILES string of the molecule is NC(=O)c1ccc(C(=O)NCCC2CCCCC2)cc1. The second kappa shape index (κ2) is 7.08.